The number of amides is 1. The van der Waals surface area contributed by atoms with E-state index in [2.05, 4.69) is 5.32 Å². The number of nitro groups is 1. The number of non-ortho nitro benzene ring substituents is 1. The molecule has 0 fully saturated rings. The number of aryl methyl sites for hydroxylation is 1. The number of nitro benzene ring substituents is 1. The molecule has 120 valence electrons. The Bertz CT molecular complexity index is 868. The highest BCUT2D eigenvalue weighted by Gasteiger charge is 2.13. The number of hydrogen-bond donors (Lipinski definition) is 1. The highest BCUT2D eigenvalue weighted by Crippen LogP contribution is 2.22. The van der Waals surface area contributed by atoms with Gasteiger partial charge in [-0.2, -0.15) is 5.26 Å². The molecule has 2 aromatic rings. The molecule has 0 atom stereocenters. The summed E-state index contributed by atoms with van der Waals surface area (Å²) >= 11 is 0. The van der Waals surface area contributed by atoms with Crippen LogP contribution < -0.4 is 5.32 Å². The summed E-state index contributed by atoms with van der Waals surface area (Å²) < 4.78 is 12.9. The first-order valence-corrected chi connectivity index (χ1v) is 6.84. The van der Waals surface area contributed by atoms with Crippen molar-refractivity contribution in [3.63, 3.8) is 0 Å². The molecule has 0 saturated carbocycles. The van der Waals surface area contributed by atoms with Crippen LogP contribution in [0, 0.1) is 34.2 Å². The Balaban J connectivity index is 2.22. The highest BCUT2D eigenvalue weighted by molar-refractivity contribution is 6.10. The third-order valence-corrected chi connectivity index (χ3v) is 3.22. The van der Waals surface area contributed by atoms with Gasteiger partial charge in [-0.25, -0.2) is 4.39 Å². The number of benzene rings is 2. The Morgan fingerprint density at radius 1 is 1.29 bits per heavy atom. The minimum atomic E-state index is -0.654. The van der Waals surface area contributed by atoms with E-state index in [9.17, 15) is 19.3 Å². The molecule has 0 radical (unpaired) electrons. The van der Waals surface area contributed by atoms with E-state index in [0.29, 0.717) is 16.8 Å². The lowest BCUT2D eigenvalue weighted by molar-refractivity contribution is -0.384. The molecular weight excluding hydrogens is 313 g/mol. The number of nitrogens with one attached hydrogen (secondary N) is 1. The van der Waals surface area contributed by atoms with E-state index in [1.807, 2.05) is 0 Å². The molecule has 0 aliphatic heterocycles. The second kappa shape index (κ2) is 7.15. The zero-order valence-corrected chi connectivity index (χ0v) is 12.6. The van der Waals surface area contributed by atoms with Gasteiger partial charge in [0.1, 0.15) is 17.5 Å². The molecule has 0 aromatic heterocycles. The quantitative estimate of drug-likeness (QED) is 0.402. The van der Waals surface area contributed by atoms with Crippen LogP contribution in [-0.2, 0) is 4.79 Å². The SMILES string of the molecule is Cc1cc([N+](=O)[O-])ccc1NC(=O)/C(C#N)=C/c1ccc(F)cc1. The summed E-state index contributed by atoms with van der Waals surface area (Å²) in [4.78, 5) is 22.3. The number of carbonyl (C=O) groups is 1. The second-order valence-corrected chi connectivity index (χ2v) is 4.93. The number of rotatable bonds is 4. The van der Waals surface area contributed by atoms with Gasteiger partial charge in [0.15, 0.2) is 0 Å². The molecule has 2 aromatic carbocycles. The van der Waals surface area contributed by atoms with Gasteiger partial charge < -0.3 is 5.32 Å². The van der Waals surface area contributed by atoms with Gasteiger partial charge in [0.25, 0.3) is 11.6 Å². The molecule has 24 heavy (non-hydrogen) atoms. The van der Waals surface area contributed by atoms with Gasteiger partial charge in [0, 0.05) is 17.8 Å². The Hall–Kier alpha value is -3.53. The predicted octanol–water partition coefficient (Wildman–Crippen LogP) is 3.59. The number of halogens is 1. The van der Waals surface area contributed by atoms with E-state index >= 15 is 0 Å². The van der Waals surface area contributed by atoms with E-state index in [-0.39, 0.29) is 11.3 Å². The number of nitrogens with zero attached hydrogens (tertiary/aromatic N) is 2. The van der Waals surface area contributed by atoms with Gasteiger partial charge in [-0.05, 0) is 42.3 Å². The Kier molecular flexibility index (Phi) is 5.02. The van der Waals surface area contributed by atoms with Crippen LogP contribution in [0.2, 0.25) is 0 Å². The summed E-state index contributed by atoms with van der Waals surface area (Å²) in [7, 11) is 0. The summed E-state index contributed by atoms with van der Waals surface area (Å²) in [6, 6.07) is 11.1. The van der Waals surface area contributed by atoms with Crippen molar-refractivity contribution in [2.45, 2.75) is 6.92 Å². The molecule has 0 aliphatic carbocycles. The minimum absolute atomic E-state index is 0.0899. The van der Waals surface area contributed by atoms with Crippen molar-refractivity contribution < 1.29 is 14.1 Å². The molecular formula is C17H12FN3O3. The molecule has 0 unspecified atom stereocenters. The first-order chi connectivity index (χ1) is 11.4. The maximum atomic E-state index is 12.9. The molecule has 0 saturated heterocycles. The fraction of sp³-hybridized carbons (Fsp3) is 0.0588. The Morgan fingerprint density at radius 2 is 1.96 bits per heavy atom. The summed E-state index contributed by atoms with van der Waals surface area (Å²) in [6.45, 7) is 1.61. The van der Waals surface area contributed by atoms with Crippen LogP contribution in [0.1, 0.15) is 11.1 Å². The standard InChI is InChI=1S/C17H12FN3O3/c1-11-8-15(21(23)24)6-7-16(11)20-17(22)13(10-19)9-12-2-4-14(18)5-3-12/h2-9H,1H3,(H,20,22)/b13-9+. The summed E-state index contributed by atoms with van der Waals surface area (Å²) in [6.07, 6.45) is 1.33. The number of carbonyl (C=O) groups excluding carboxylic acids is 1. The molecule has 0 heterocycles. The summed E-state index contributed by atoms with van der Waals surface area (Å²) in [5.41, 5.74) is 1.11. The third-order valence-electron chi connectivity index (χ3n) is 3.22. The van der Waals surface area contributed by atoms with Gasteiger partial charge >= 0.3 is 0 Å². The van der Waals surface area contributed by atoms with Crippen molar-refractivity contribution in [1.82, 2.24) is 0 Å². The average molecular weight is 325 g/mol. The van der Waals surface area contributed by atoms with E-state index in [1.165, 1.54) is 48.5 Å². The molecule has 1 amide bonds. The van der Waals surface area contributed by atoms with E-state index in [1.54, 1.807) is 13.0 Å². The fourth-order valence-electron chi connectivity index (χ4n) is 1.97. The maximum absolute atomic E-state index is 12.9. The lowest BCUT2D eigenvalue weighted by Gasteiger charge is -2.07. The first-order valence-electron chi connectivity index (χ1n) is 6.84. The van der Waals surface area contributed by atoms with E-state index < -0.39 is 16.6 Å². The van der Waals surface area contributed by atoms with Gasteiger partial charge in [-0.15, -0.1) is 0 Å². The lowest BCUT2D eigenvalue weighted by Crippen LogP contribution is -2.14. The topological polar surface area (TPSA) is 96.0 Å². The van der Waals surface area contributed by atoms with Crippen LogP contribution in [0.3, 0.4) is 0 Å². The highest BCUT2D eigenvalue weighted by atomic mass is 19.1. The monoisotopic (exact) mass is 325 g/mol. The van der Waals surface area contributed by atoms with Gasteiger partial charge in [-0.1, -0.05) is 12.1 Å². The van der Waals surface area contributed by atoms with Crippen molar-refractivity contribution in [1.29, 1.82) is 5.26 Å². The predicted molar refractivity (Wildman–Crippen MR) is 86.5 cm³/mol. The number of nitriles is 1. The van der Waals surface area contributed by atoms with Crippen LogP contribution in [-0.4, -0.2) is 10.8 Å². The molecule has 0 aliphatic rings. The third kappa shape index (κ3) is 4.01. The lowest BCUT2D eigenvalue weighted by atomic mass is 10.1. The summed E-state index contributed by atoms with van der Waals surface area (Å²) in [5, 5.41) is 22.4. The molecule has 1 N–H and O–H groups in total. The van der Waals surface area contributed by atoms with Crippen LogP contribution >= 0.6 is 0 Å². The normalized spacial score (nSPS) is 10.8. The molecule has 0 bridgehead atoms. The maximum Gasteiger partial charge on any atom is 0.269 e. The van der Waals surface area contributed by atoms with Crippen molar-refractivity contribution in [3.8, 4) is 6.07 Å². The Morgan fingerprint density at radius 3 is 2.50 bits per heavy atom. The average Bonchev–Trinajstić information content (AvgIpc) is 2.55. The van der Waals surface area contributed by atoms with Gasteiger partial charge in [-0.3, -0.25) is 14.9 Å². The smallest absolute Gasteiger partial charge is 0.269 e. The molecule has 2 rings (SSSR count). The summed E-state index contributed by atoms with van der Waals surface area (Å²) in [5.74, 6) is -1.07. The second-order valence-electron chi connectivity index (χ2n) is 4.93. The molecule has 7 heteroatoms. The van der Waals surface area contributed by atoms with Crippen LogP contribution in [0.25, 0.3) is 6.08 Å². The van der Waals surface area contributed by atoms with Crippen molar-refractivity contribution in [3.05, 3.63) is 75.1 Å². The van der Waals surface area contributed by atoms with Crippen LogP contribution in [0.4, 0.5) is 15.8 Å². The first kappa shape index (κ1) is 16.8. The number of anilines is 1. The molecule has 0 spiro atoms. The zero-order chi connectivity index (χ0) is 17.7. The largest absolute Gasteiger partial charge is 0.321 e. The Labute approximate surface area is 137 Å². The van der Waals surface area contributed by atoms with E-state index in [0.717, 1.165) is 0 Å². The van der Waals surface area contributed by atoms with Crippen molar-refractivity contribution >= 4 is 23.4 Å². The molecule has 6 nitrogen and oxygen atoms in total. The van der Waals surface area contributed by atoms with Crippen molar-refractivity contribution in [2.24, 2.45) is 0 Å². The zero-order valence-electron chi connectivity index (χ0n) is 12.6. The van der Waals surface area contributed by atoms with Crippen LogP contribution in [0.5, 0.6) is 0 Å². The van der Waals surface area contributed by atoms with Gasteiger partial charge in [0.05, 0.1) is 4.92 Å². The number of hydrogen-bond acceptors (Lipinski definition) is 4. The van der Waals surface area contributed by atoms with Crippen LogP contribution in [0.15, 0.2) is 48.0 Å². The van der Waals surface area contributed by atoms with Gasteiger partial charge in [0.2, 0.25) is 0 Å². The van der Waals surface area contributed by atoms with Crippen molar-refractivity contribution in [2.75, 3.05) is 5.32 Å². The van der Waals surface area contributed by atoms with E-state index in [4.69, 9.17) is 5.26 Å². The fourth-order valence-corrected chi connectivity index (χ4v) is 1.97. The minimum Gasteiger partial charge on any atom is -0.321 e.